The monoisotopic (exact) mass is 233 g/mol. The predicted octanol–water partition coefficient (Wildman–Crippen LogP) is -0.920. The number of carboxylic acids is 2. The van der Waals surface area contributed by atoms with Crippen molar-refractivity contribution in [2.24, 2.45) is 0 Å². The molecule has 0 saturated carbocycles. The van der Waals surface area contributed by atoms with E-state index in [-0.39, 0.29) is 12.8 Å². The molecule has 0 aliphatic heterocycles. The standard InChI is InChI=1S/C8H15N3O5/c1-11(2)10-8(16)9-5(7(14)15)3-4-6(12)13/h5H,3-4H2,1-2H3,(H,12,13)(H,14,15)(H2,9,10,16)/t5-/m0/s1. The second-order valence-electron chi connectivity index (χ2n) is 3.30. The van der Waals surface area contributed by atoms with Gasteiger partial charge in [0.25, 0.3) is 0 Å². The highest BCUT2D eigenvalue weighted by Crippen LogP contribution is 1.97. The molecule has 0 bridgehead atoms. The van der Waals surface area contributed by atoms with Crippen molar-refractivity contribution in [3.8, 4) is 0 Å². The summed E-state index contributed by atoms with van der Waals surface area (Å²) in [6.07, 6.45) is -0.481. The van der Waals surface area contributed by atoms with Crippen LogP contribution in [0.4, 0.5) is 4.79 Å². The number of nitrogens with one attached hydrogen (secondary N) is 2. The third kappa shape index (κ3) is 6.60. The van der Waals surface area contributed by atoms with Gasteiger partial charge in [-0.15, -0.1) is 0 Å². The number of hydrazine groups is 1. The number of carbonyl (C=O) groups is 3. The molecule has 0 aromatic carbocycles. The molecule has 2 amide bonds. The number of hydrogen-bond donors (Lipinski definition) is 4. The summed E-state index contributed by atoms with van der Waals surface area (Å²) in [7, 11) is 3.12. The lowest BCUT2D eigenvalue weighted by molar-refractivity contribution is -0.140. The SMILES string of the molecule is CN(C)NC(=O)N[C@@H](CCC(=O)O)C(=O)O. The highest BCUT2D eigenvalue weighted by Gasteiger charge is 2.20. The van der Waals surface area contributed by atoms with Gasteiger partial charge in [-0.2, -0.15) is 0 Å². The Bertz CT molecular complexity index is 279. The van der Waals surface area contributed by atoms with Gasteiger partial charge in [-0.3, -0.25) is 10.2 Å². The van der Waals surface area contributed by atoms with E-state index in [9.17, 15) is 14.4 Å². The van der Waals surface area contributed by atoms with Crippen molar-refractivity contribution in [3.63, 3.8) is 0 Å². The van der Waals surface area contributed by atoms with E-state index in [1.54, 1.807) is 14.1 Å². The number of nitrogens with zero attached hydrogens (tertiary/aromatic N) is 1. The summed E-state index contributed by atoms with van der Waals surface area (Å²) in [6, 6.07) is -1.90. The van der Waals surface area contributed by atoms with Crippen LogP contribution in [-0.4, -0.2) is 53.3 Å². The number of aliphatic carboxylic acids is 2. The first-order chi connectivity index (χ1) is 7.32. The summed E-state index contributed by atoms with van der Waals surface area (Å²) in [5.74, 6) is -2.38. The van der Waals surface area contributed by atoms with Gasteiger partial charge in [-0.05, 0) is 6.42 Å². The summed E-state index contributed by atoms with van der Waals surface area (Å²) in [6.45, 7) is 0. The normalized spacial score (nSPS) is 11.9. The lowest BCUT2D eigenvalue weighted by atomic mass is 10.1. The van der Waals surface area contributed by atoms with Crippen LogP contribution in [0.1, 0.15) is 12.8 Å². The van der Waals surface area contributed by atoms with Gasteiger partial charge in [-0.25, -0.2) is 14.6 Å². The van der Waals surface area contributed by atoms with Crippen LogP contribution in [0.3, 0.4) is 0 Å². The molecule has 0 aromatic rings. The molecule has 92 valence electrons. The molecule has 0 radical (unpaired) electrons. The van der Waals surface area contributed by atoms with E-state index >= 15 is 0 Å². The predicted molar refractivity (Wildman–Crippen MR) is 53.6 cm³/mol. The van der Waals surface area contributed by atoms with Crippen molar-refractivity contribution in [1.82, 2.24) is 15.8 Å². The molecule has 0 fully saturated rings. The lowest BCUT2D eigenvalue weighted by Crippen LogP contribution is -2.49. The van der Waals surface area contributed by atoms with Crippen molar-refractivity contribution in [3.05, 3.63) is 0 Å². The van der Waals surface area contributed by atoms with Crippen molar-refractivity contribution < 1.29 is 24.6 Å². The van der Waals surface area contributed by atoms with Crippen molar-refractivity contribution in [2.45, 2.75) is 18.9 Å². The third-order valence-corrected chi connectivity index (χ3v) is 1.58. The van der Waals surface area contributed by atoms with E-state index in [0.717, 1.165) is 0 Å². The summed E-state index contributed by atoms with van der Waals surface area (Å²) in [5, 5.41) is 20.6. The largest absolute Gasteiger partial charge is 0.481 e. The highest BCUT2D eigenvalue weighted by molar-refractivity contribution is 5.82. The van der Waals surface area contributed by atoms with Gasteiger partial charge in [0.2, 0.25) is 0 Å². The maximum absolute atomic E-state index is 11.1. The molecular formula is C8H15N3O5. The molecule has 0 heterocycles. The van der Waals surface area contributed by atoms with Gasteiger partial charge >= 0.3 is 18.0 Å². The molecule has 0 aliphatic carbocycles. The Morgan fingerprint density at radius 2 is 1.81 bits per heavy atom. The summed E-state index contributed by atoms with van der Waals surface area (Å²) in [5.41, 5.74) is 2.29. The van der Waals surface area contributed by atoms with E-state index in [1.165, 1.54) is 5.01 Å². The van der Waals surface area contributed by atoms with Gasteiger partial charge in [-0.1, -0.05) is 0 Å². The molecule has 0 saturated heterocycles. The quantitative estimate of drug-likeness (QED) is 0.440. The maximum atomic E-state index is 11.1. The van der Waals surface area contributed by atoms with Crippen molar-refractivity contribution >= 4 is 18.0 Å². The molecule has 4 N–H and O–H groups in total. The lowest BCUT2D eigenvalue weighted by Gasteiger charge is -2.17. The van der Waals surface area contributed by atoms with Crippen LogP contribution in [-0.2, 0) is 9.59 Å². The van der Waals surface area contributed by atoms with Crippen molar-refractivity contribution in [2.75, 3.05) is 14.1 Å². The average molecular weight is 233 g/mol. The second-order valence-corrected chi connectivity index (χ2v) is 3.30. The zero-order chi connectivity index (χ0) is 12.7. The Morgan fingerprint density at radius 1 is 1.25 bits per heavy atom. The molecule has 0 unspecified atom stereocenters. The Kier molecular flexibility index (Phi) is 5.86. The minimum atomic E-state index is -1.27. The number of carbonyl (C=O) groups excluding carboxylic acids is 1. The number of rotatable bonds is 6. The van der Waals surface area contributed by atoms with Gasteiger partial charge < -0.3 is 15.5 Å². The molecule has 0 aliphatic rings. The van der Waals surface area contributed by atoms with Crippen LogP contribution >= 0.6 is 0 Å². The van der Waals surface area contributed by atoms with E-state index in [2.05, 4.69) is 10.7 Å². The van der Waals surface area contributed by atoms with E-state index < -0.39 is 24.0 Å². The third-order valence-electron chi connectivity index (χ3n) is 1.58. The fraction of sp³-hybridized carbons (Fsp3) is 0.625. The Morgan fingerprint density at radius 3 is 2.19 bits per heavy atom. The minimum absolute atomic E-state index is 0.161. The van der Waals surface area contributed by atoms with Crippen molar-refractivity contribution in [1.29, 1.82) is 0 Å². The highest BCUT2D eigenvalue weighted by atomic mass is 16.4. The first kappa shape index (κ1) is 14.2. The molecule has 0 rings (SSSR count). The Hall–Kier alpha value is -1.83. The summed E-state index contributed by atoms with van der Waals surface area (Å²) < 4.78 is 0. The van der Waals surface area contributed by atoms with Crippen LogP contribution in [0.25, 0.3) is 0 Å². The molecule has 8 heteroatoms. The number of carboxylic acid groups (broad SMARTS) is 2. The van der Waals surface area contributed by atoms with Gasteiger partial charge in [0.15, 0.2) is 0 Å². The zero-order valence-electron chi connectivity index (χ0n) is 9.06. The summed E-state index contributed by atoms with van der Waals surface area (Å²) in [4.78, 5) is 32.1. The van der Waals surface area contributed by atoms with Gasteiger partial charge in [0.1, 0.15) is 6.04 Å². The minimum Gasteiger partial charge on any atom is -0.481 e. The summed E-state index contributed by atoms with van der Waals surface area (Å²) >= 11 is 0. The zero-order valence-corrected chi connectivity index (χ0v) is 9.06. The van der Waals surface area contributed by atoms with E-state index in [1.807, 2.05) is 0 Å². The number of amides is 2. The first-order valence-corrected chi connectivity index (χ1v) is 4.52. The Labute approximate surface area is 92.2 Å². The number of urea groups is 1. The molecular weight excluding hydrogens is 218 g/mol. The van der Waals surface area contributed by atoms with Gasteiger partial charge in [0, 0.05) is 20.5 Å². The van der Waals surface area contributed by atoms with Crippen LogP contribution in [0.15, 0.2) is 0 Å². The Balaban J connectivity index is 4.17. The van der Waals surface area contributed by atoms with Crippen LogP contribution in [0, 0.1) is 0 Å². The fourth-order valence-corrected chi connectivity index (χ4v) is 0.919. The molecule has 8 nitrogen and oxygen atoms in total. The maximum Gasteiger partial charge on any atom is 0.330 e. The smallest absolute Gasteiger partial charge is 0.330 e. The second kappa shape index (κ2) is 6.62. The first-order valence-electron chi connectivity index (χ1n) is 4.52. The molecule has 16 heavy (non-hydrogen) atoms. The molecule has 0 aromatic heterocycles. The molecule has 1 atom stereocenters. The van der Waals surface area contributed by atoms with Crippen LogP contribution < -0.4 is 10.7 Å². The molecule has 0 spiro atoms. The number of hydrogen-bond acceptors (Lipinski definition) is 4. The van der Waals surface area contributed by atoms with Gasteiger partial charge in [0.05, 0.1) is 0 Å². The van der Waals surface area contributed by atoms with E-state index in [4.69, 9.17) is 10.2 Å². The van der Waals surface area contributed by atoms with Crippen LogP contribution in [0.2, 0.25) is 0 Å². The van der Waals surface area contributed by atoms with E-state index in [0.29, 0.717) is 0 Å². The topological polar surface area (TPSA) is 119 Å². The average Bonchev–Trinajstić information content (AvgIpc) is 2.09. The fourth-order valence-electron chi connectivity index (χ4n) is 0.919. The van der Waals surface area contributed by atoms with Crippen LogP contribution in [0.5, 0.6) is 0 Å².